The van der Waals surface area contributed by atoms with Crippen LogP contribution in [0.2, 0.25) is 0 Å². The summed E-state index contributed by atoms with van der Waals surface area (Å²) < 4.78 is 9.92. The largest absolute Gasteiger partial charge is 0.466 e. The first-order valence-corrected chi connectivity index (χ1v) is 8.84. The van der Waals surface area contributed by atoms with E-state index in [4.69, 9.17) is 19.5 Å². The maximum Gasteiger partial charge on any atom is 0.311 e. The Bertz CT molecular complexity index is 441. The Labute approximate surface area is 144 Å². The Kier molecular flexibility index (Phi) is 9.27. The van der Waals surface area contributed by atoms with E-state index in [0.29, 0.717) is 13.2 Å². The lowest BCUT2D eigenvalue weighted by Crippen LogP contribution is -2.29. The van der Waals surface area contributed by atoms with Crippen molar-refractivity contribution < 1.29 is 19.1 Å². The van der Waals surface area contributed by atoms with E-state index in [2.05, 4.69) is 0 Å². The van der Waals surface area contributed by atoms with Crippen molar-refractivity contribution in [1.29, 1.82) is 0 Å². The highest BCUT2D eigenvalue weighted by Gasteiger charge is 2.25. The van der Waals surface area contributed by atoms with Crippen molar-refractivity contribution in [3.05, 3.63) is 0 Å². The molecular weight excluding hydrogens is 308 g/mol. The highest BCUT2D eigenvalue weighted by molar-refractivity contribution is 5.98. The predicted molar refractivity (Wildman–Crippen MR) is 94.8 cm³/mol. The number of carbonyl (C=O) groups is 2. The van der Waals surface area contributed by atoms with Gasteiger partial charge in [0.1, 0.15) is 0 Å². The fourth-order valence-corrected chi connectivity index (χ4v) is 2.89. The molecule has 0 aromatic rings. The summed E-state index contributed by atoms with van der Waals surface area (Å²) in [6.45, 7) is 8.08. The third-order valence-corrected chi connectivity index (χ3v) is 3.88. The zero-order valence-electron chi connectivity index (χ0n) is 15.3. The fourth-order valence-electron chi connectivity index (χ4n) is 2.89. The second kappa shape index (κ2) is 10.9. The van der Waals surface area contributed by atoms with Crippen LogP contribution in [0.15, 0.2) is 9.98 Å². The van der Waals surface area contributed by atoms with Crippen LogP contribution in [-0.2, 0) is 19.1 Å². The molecule has 6 nitrogen and oxygen atoms in total. The van der Waals surface area contributed by atoms with Crippen molar-refractivity contribution in [3.63, 3.8) is 0 Å². The Morgan fingerprint density at radius 3 is 1.54 bits per heavy atom. The molecular formula is C18H30N2O4. The van der Waals surface area contributed by atoms with Gasteiger partial charge in [-0.2, -0.15) is 0 Å². The van der Waals surface area contributed by atoms with E-state index >= 15 is 0 Å². The van der Waals surface area contributed by atoms with Crippen LogP contribution in [0, 0.1) is 0 Å². The molecule has 0 bridgehead atoms. The second-order valence-electron chi connectivity index (χ2n) is 6.11. The van der Waals surface area contributed by atoms with Crippen LogP contribution in [0.5, 0.6) is 0 Å². The van der Waals surface area contributed by atoms with E-state index in [-0.39, 0.29) is 36.9 Å². The van der Waals surface area contributed by atoms with E-state index in [0.717, 1.165) is 37.1 Å². The molecule has 2 atom stereocenters. The summed E-state index contributed by atoms with van der Waals surface area (Å²) in [6.07, 6.45) is 4.60. The Morgan fingerprint density at radius 2 is 1.21 bits per heavy atom. The molecule has 0 aliphatic heterocycles. The standard InChI is InChI=1S/C18H30N2O4/c1-5-23-17(21)11-13(3)19-15-9-7-8-10-16(15)20-14(4)12-18(22)24-6-2/h15-16H,5-12H2,1-4H3. The molecule has 0 spiro atoms. The lowest BCUT2D eigenvalue weighted by Gasteiger charge is -2.27. The van der Waals surface area contributed by atoms with Gasteiger partial charge in [0.05, 0.1) is 38.1 Å². The van der Waals surface area contributed by atoms with Gasteiger partial charge in [0.25, 0.3) is 0 Å². The highest BCUT2D eigenvalue weighted by Crippen LogP contribution is 2.25. The van der Waals surface area contributed by atoms with Gasteiger partial charge in [0.2, 0.25) is 0 Å². The zero-order chi connectivity index (χ0) is 17.9. The average molecular weight is 338 g/mol. The number of nitrogens with zero attached hydrogens (tertiary/aromatic N) is 2. The van der Waals surface area contributed by atoms with Crippen LogP contribution < -0.4 is 0 Å². The zero-order valence-corrected chi connectivity index (χ0v) is 15.3. The molecule has 1 saturated carbocycles. The third kappa shape index (κ3) is 7.70. The summed E-state index contributed by atoms with van der Waals surface area (Å²) in [5.74, 6) is -0.485. The molecule has 24 heavy (non-hydrogen) atoms. The molecule has 1 aliphatic rings. The van der Waals surface area contributed by atoms with Crippen molar-refractivity contribution in [2.75, 3.05) is 13.2 Å². The molecule has 0 amide bonds. The monoisotopic (exact) mass is 338 g/mol. The van der Waals surface area contributed by atoms with E-state index < -0.39 is 0 Å². The molecule has 0 aromatic heterocycles. The van der Waals surface area contributed by atoms with Crippen molar-refractivity contribution in [3.8, 4) is 0 Å². The molecule has 1 rings (SSSR count). The molecule has 2 unspecified atom stereocenters. The fraction of sp³-hybridized carbons (Fsp3) is 0.778. The van der Waals surface area contributed by atoms with Gasteiger partial charge in [-0.05, 0) is 40.5 Å². The van der Waals surface area contributed by atoms with Crippen LogP contribution in [0.1, 0.15) is 66.2 Å². The summed E-state index contributed by atoms with van der Waals surface area (Å²) in [5, 5.41) is 0. The Balaban J connectivity index is 2.70. The van der Waals surface area contributed by atoms with Crippen LogP contribution in [0.3, 0.4) is 0 Å². The topological polar surface area (TPSA) is 77.3 Å². The molecule has 1 aliphatic carbocycles. The predicted octanol–water partition coefficient (Wildman–Crippen LogP) is 3.13. The number of hydrogen-bond donors (Lipinski definition) is 0. The van der Waals surface area contributed by atoms with Crippen LogP contribution in [0.25, 0.3) is 0 Å². The summed E-state index contributed by atoms with van der Waals surface area (Å²) >= 11 is 0. The summed E-state index contributed by atoms with van der Waals surface area (Å²) in [6, 6.07) is 0.149. The Hall–Kier alpha value is -1.72. The highest BCUT2D eigenvalue weighted by atomic mass is 16.5. The first-order valence-electron chi connectivity index (χ1n) is 8.84. The van der Waals surface area contributed by atoms with Crippen molar-refractivity contribution in [2.45, 2.75) is 78.3 Å². The minimum Gasteiger partial charge on any atom is -0.466 e. The number of carbonyl (C=O) groups excluding carboxylic acids is 2. The second-order valence-corrected chi connectivity index (χ2v) is 6.11. The normalized spacial score (nSPS) is 22.2. The molecule has 0 heterocycles. The van der Waals surface area contributed by atoms with E-state index in [1.54, 1.807) is 13.8 Å². The van der Waals surface area contributed by atoms with Gasteiger partial charge in [-0.15, -0.1) is 0 Å². The minimum atomic E-state index is -0.242. The number of hydrogen-bond acceptors (Lipinski definition) is 6. The summed E-state index contributed by atoms with van der Waals surface area (Å²) in [7, 11) is 0. The quantitative estimate of drug-likeness (QED) is 0.503. The lowest BCUT2D eigenvalue weighted by molar-refractivity contribution is -0.142. The van der Waals surface area contributed by atoms with Crippen molar-refractivity contribution >= 4 is 23.4 Å². The molecule has 1 fully saturated rings. The number of aliphatic imine (C=N–C) groups is 2. The van der Waals surface area contributed by atoms with Crippen molar-refractivity contribution in [2.24, 2.45) is 9.98 Å². The van der Waals surface area contributed by atoms with Crippen LogP contribution >= 0.6 is 0 Å². The SMILES string of the molecule is CCOC(=O)CC(C)=NC1CCCCC1N=C(C)CC(=O)OCC. The van der Waals surface area contributed by atoms with Gasteiger partial charge in [0, 0.05) is 11.4 Å². The van der Waals surface area contributed by atoms with Gasteiger partial charge >= 0.3 is 11.9 Å². The van der Waals surface area contributed by atoms with Gasteiger partial charge < -0.3 is 9.47 Å². The number of ether oxygens (including phenoxy) is 2. The number of rotatable bonds is 8. The van der Waals surface area contributed by atoms with Gasteiger partial charge in [0.15, 0.2) is 0 Å². The van der Waals surface area contributed by atoms with Gasteiger partial charge in [-0.25, -0.2) is 0 Å². The maximum absolute atomic E-state index is 11.6. The Morgan fingerprint density at radius 1 is 0.833 bits per heavy atom. The third-order valence-electron chi connectivity index (χ3n) is 3.88. The first-order chi connectivity index (χ1) is 11.5. The van der Waals surface area contributed by atoms with E-state index in [1.165, 1.54) is 0 Å². The molecule has 6 heteroatoms. The molecule has 0 aromatic carbocycles. The van der Waals surface area contributed by atoms with E-state index in [9.17, 15) is 9.59 Å². The molecule has 0 N–H and O–H groups in total. The molecule has 0 radical (unpaired) electrons. The van der Waals surface area contributed by atoms with Crippen molar-refractivity contribution in [1.82, 2.24) is 0 Å². The maximum atomic E-state index is 11.6. The molecule has 0 saturated heterocycles. The smallest absolute Gasteiger partial charge is 0.311 e. The van der Waals surface area contributed by atoms with Gasteiger partial charge in [-0.3, -0.25) is 19.6 Å². The van der Waals surface area contributed by atoms with Crippen LogP contribution in [-0.4, -0.2) is 48.7 Å². The first kappa shape index (κ1) is 20.3. The molecule has 136 valence electrons. The summed E-state index contributed by atoms with van der Waals surface area (Å²) in [4.78, 5) is 32.5. The summed E-state index contributed by atoms with van der Waals surface area (Å²) in [5.41, 5.74) is 1.56. The van der Waals surface area contributed by atoms with E-state index in [1.807, 2.05) is 13.8 Å². The number of esters is 2. The minimum absolute atomic E-state index is 0.0744. The van der Waals surface area contributed by atoms with Gasteiger partial charge in [-0.1, -0.05) is 12.8 Å². The lowest BCUT2D eigenvalue weighted by atomic mass is 9.90. The van der Waals surface area contributed by atoms with Crippen LogP contribution in [0.4, 0.5) is 0 Å². The average Bonchev–Trinajstić information content (AvgIpc) is 2.49.